The van der Waals surface area contributed by atoms with Crippen molar-refractivity contribution in [3.8, 4) is 44.5 Å². The van der Waals surface area contributed by atoms with Crippen molar-refractivity contribution in [3.05, 3.63) is 194 Å². The summed E-state index contributed by atoms with van der Waals surface area (Å²) >= 11 is 0. The van der Waals surface area contributed by atoms with E-state index in [1.54, 1.807) is 0 Å². The molecule has 11 aromatic rings. The lowest BCUT2D eigenvalue weighted by Gasteiger charge is -2.19. The quantitative estimate of drug-likeness (QED) is 0.170. The van der Waals surface area contributed by atoms with Gasteiger partial charge >= 0.3 is 0 Å². The summed E-state index contributed by atoms with van der Waals surface area (Å²) in [6, 6.07) is 70.5. The van der Waals surface area contributed by atoms with Crippen LogP contribution in [-0.4, -0.2) is 0 Å². The highest BCUT2D eigenvalue weighted by Gasteiger charge is 2.21. The lowest BCUT2D eigenvalue weighted by atomic mass is 9.84. The zero-order valence-electron chi connectivity index (χ0n) is 28.9. The van der Waals surface area contributed by atoms with E-state index in [1.807, 2.05) is 0 Å². The molecule has 246 valence electrons. The molecule has 0 bridgehead atoms. The summed E-state index contributed by atoms with van der Waals surface area (Å²) in [6.45, 7) is 0. The van der Waals surface area contributed by atoms with Crippen molar-refractivity contribution in [1.29, 1.82) is 0 Å². The van der Waals surface area contributed by atoms with Gasteiger partial charge in [0.25, 0.3) is 0 Å². The molecule has 1 heterocycles. The Hall–Kier alpha value is -6.96. The minimum atomic E-state index is 0.907. The molecular weight excluding hydrogens is 641 g/mol. The number of benzene rings is 10. The Morgan fingerprint density at radius 3 is 1.53 bits per heavy atom. The van der Waals surface area contributed by atoms with E-state index in [9.17, 15) is 0 Å². The molecule has 0 saturated carbocycles. The van der Waals surface area contributed by atoms with Crippen LogP contribution in [0.1, 0.15) is 0 Å². The average molecular weight is 673 g/mol. The maximum Gasteiger partial charge on any atom is 0.143 e. The van der Waals surface area contributed by atoms with Gasteiger partial charge in [-0.2, -0.15) is 0 Å². The van der Waals surface area contributed by atoms with Gasteiger partial charge in [-0.25, -0.2) is 0 Å². The predicted octanol–water partition coefficient (Wildman–Crippen LogP) is 14.9. The molecule has 0 fully saturated rings. The minimum absolute atomic E-state index is 0.907. The van der Waals surface area contributed by atoms with Crippen LogP contribution >= 0.6 is 0 Å². The van der Waals surface area contributed by atoms with Crippen LogP contribution in [0.4, 0.5) is 0 Å². The van der Waals surface area contributed by atoms with Crippen LogP contribution in [0.2, 0.25) is 0 Å². The van der Waals surface area contributed by atoms with E-state index < -0.39 is 0 Å². The lowest BCUT2D eigenvalue weighted by molar-refractivity contribution is 0.670. The van der Waals surface area contributed by atoms with Gasteiger partial charge in [0, 0.05) is 16.3 Å². The molecule has 0 radical (unpaired) electrons. The fraction of sp³-hybridized carbons (Fsp3) is 0. The molecule has 0 aliphatic carbocycles. The highest BCUT2D eigenvalue weighted by molar-refractivity contribution is 6.25. The Labute approximate surface area is 307 Å². The van der Waals surface area contributed by atoms with Crippen molar-refractivity contribution in [2.45, 2.75) is 0 Å². The third kappa shape index (κ3) is 4.64. The number of hydrogen-bond acceptors (Lipinski definition) is 1. The Balaban J connectivity index is 1.22. The molecule has 0 spiro atoms. The average Bonchev–Trinajstić information content (AvgIpc) is 3.62. The summed E-state index contributed by atoms with van der Waals surface area (Å²) in [5.41, 5.74) is 11.4. The third-order valence-corrected chi connectivity index (χ3v) is 11.0. The molecule has 11 rings (SSSR count). The highest BCUT2D eigenvalue weighted by atomic mass is 16.3. The molecular formula is C52H32O. The standard InChI is InChI=1S/C52H32O/c1-2-14-34(15-3-1)46-31-38(32-47-51-41-22-7-5-17-35(41)28-29-48(51)53-52(46)47)50-44-25-10-8-23-42(44)49(43-24-9-11-26-45(43)50)37-20-12-19-36(30-37)40-27-13-18-33-16-4-6-21-39(33)40/h1-32H. The Morgan fingerprint density at radius 1 is 0.283 bits per heavy atom. The van der Waals surface area contributed by atoms with Gasteiger partial charge in [0.05, 0.1) is 0 Å². The topological polar surface area (TPSA) is 13.1 Å². The number of fused-ring (bicyclic) bond motifs is 8. The van der Waals surface area contributed by atoms with Crippen molar-refractivity contribution in [2.24, 2.45) is 0 Å². The zero-order chi connectivity index (χ0) is 34.9. The van der Waals surface area contributed by atoms with Gasteiger partial charge in [-0.05, 0) is 106 Å². The molecule has 53 heavy (non-hydrogen) atoms. The molecule has 0 atom stereocenters. The summed E-state index contributed by atoms with van der Waals surface area (Å²) in [5, 5.41) is 12.2. The van der Waals surface area contributed by atoms with Crippen molar-refractivity contribution < 1.29 is 4.42 Å². The van der Waals surface area contributed by atoms with Gasteiger partial charge in [-0.1, -0.05) is 170 Å². The van der Waals surface area contributed by atoms with Crippen molar-refractivity contribution in [3.63, 3.8) is 0 Å². The second-order valence-corrected chi connectivity index (χ2v) is 14.0. The number of hydrogen-bond donors (Lipinski definition) is 0. The Morgan fingerprint density at radius 2 is 0.811 bits per heavy atom. The van der Waals surface area contributed by atoms with Gasteiger partial charge in [0.2, 0.25) is 0 Å². The molecule has 0 saturated heterocycles. The van der Waals surface area contributed by atoms with Gasteiger partial charge in [-0.15, -0.1) is 0 Å². The van der Waals surface area contributed by atoms with Crippen LogP contribution in [0.3, 0.4) is 0 Å². The van der Waals surface area contributed by atoms with Crippen molar-refractivity contribution in [1.82, 2.24) is 0 Å². The molecule has 1 heteroatoms. The van der Waals surface area contributed by atoms with Crippen molar-refractivity contribution in [2.75, 3.05) is 0 Å². The van der Waals surface area contributed by atoms with Gasteiger partial charge in [0.1, 0.15) is 11.2 Å². The second kappa shape index (κ2) is 11.8. The van der Waals surface area contributed by atoms with E-state index in [0.29, 0.717) is 0 Å². The van der Waals surface area contributed by atoms with E-state index in [0.717, 1.165) is 33.1 Å². The maximum absolute atomic E-state index is 6.76. The molecule has 0 aliphatic heterocycles. The molecule has 1 nitrogen and oxygen atoms in total. The van der Waals surface area contributed by atoms with Crippen LogP contribution in [0, 0.1) is 0 Å². The third-order valence-electron chi connectivity index (χ3n) is 11.0. The molecule has 0 aliphatic rings. The van der Waals surface area contributed by atoms with Gasteiger partial charge in [0.15, 0.2) is 0 Å². The summed E-state index contributed by atoms with van der Waals surface area (Å²) in [6.07, 6.45) is 0. The first-order valence-electron chi connectivity index (χ1n) is 18.3. The first kappa shape index (κ1) is 29.7. The number of rotatable bonds is 4. The van der Waals surface area contributed by atoms with Crippen LogP contribution < -0.4 is 0 Å². The highest BCUT2D eigenvalue weighted by Crippen LogP contribution is 2.48. The largest absolute Gasteiger partial charge is 0.455 e. The zero-order valence-corrected chi connectivity index (χ0v) is 28.9. The molecule has 10 aromatic carbocycles. The van der Waals surface area contributed by atoms with Crippen LogP contribution in [0.15, 0.2) is 199 Å². The molecule has 0 N–H and O–H groups in total. The normalized spacial score (nSPS) is 11.8. The van der Waals surface area contributed by atoms with E-state index in [-0.39, 0.29) is 0 Å². The fourth-order valence-corrected chi connectivity index (χ4v) is 8.70. The molecule has 0 unspecified atom stereocenters. The first-order chi connectivity index (χ1) is 26.3. The van der Waals surface area contributed by atoms with Crippen LogP contribution in [0.5, 0.6) is 0 Å². The van der Waals surface area contributed by atoms with E-state index in [2.05, 4.69) is 194 Å². The summed E-state index contributed by atoms with van der Waals surface area (Å²) in [4.78, 5) is 0. The summed E-state index contributed by atoms with van der Waals surface area (Å²) < 4.78 is 6.76. The minimum Gasteiger partial charge on any atom is -0.455 e. The lowest BCUT2D eigenvalue weighted by Crippen LogP contribution is -1.92. The smallest absolute Gasteiger partial charge is 0.143 e. The number of furan rings is 1. The predicted molar refractivity (Wildman–Crippen MR) is 225 cm³/mol. The van der Waals surface area contributed by atoms with E-state index in [1.165, 1.54) is 76.5 Å². The second-order valence-electron chi connectivity index (χ2n) is 14.0. The molecule has 0 amide bonds. The van der Waals surface area contributed by atoms with Crippen LogP contribution in [-0.2, 0) is 0 Å². The Kier molecular flexibility index (Phi) is 6.62. The summed E-state index contributed by atoms with van der Waals surface area (Å²) in [7, 11) is 0. The SMILES string of the molecule is c1ccc(-c2cc(-c3c4ccccc4c(-c4cccc(-c5cccc6ccccc56)c4)c4ccccc34)cc3c2oc2ccc4ccccc4c23)cc1. The van der Waals surface area contributed by atoms with Crippen LogP contribution in [0.25, 0.3) is 110 Å². The van der Waals surface area contributed by atoms with E-state index in [4.69, 9.17) is 4.42 Å². The monoisotopic (exact) mass is 672 g/mol. The Bertz CT molecular complexity index is 3160. The van der Waals surface area contributed by atoms with Gasteiger partial charge < -0.3 is 4.42 Å². The van der Waals surface area contributed by atoms with Crippen molar-refractivity contribution >= 4 is 65.0 Å². The molecule has 1 aromatic heterocycles. The summed E-state index contributed by atoms with van der Waals surface area (Å²) in [5.74, 6) is 0. The fourth-order valence-electron chi connectivity index (χ4n) is 8.70. The van der Waals surface area contributed by atoms with E-state index >= 15 is 0 Å². The maximum atomic E-state index is 6.76. The van der Waals surface area contributed by atoms with Gasteiger partial charge in [-0.3, -0.25) is 0 Å². The first-order valence-corrected chi connectivity index (χ1v) is 18.3.